The van der Waals surface area contributed by atoms with Gasteiger partial charge in [0.25, 0.3) is 10.0 Å². The highest BCUT2D eigenvalue weighted by Crippen LogP contribution is 2.53. The second kappa shape index (κ2) is 10.2. The molecule has 0 aromatic rings. The molecule has 0 amide bonds. The lowest BCUT2D eigenvalue weighted by Crippen LogP contribution is -2.41. The van der Waals surface area contributed by atoms with Crippen LogP contribution in [0.4, 0.5) is 0 Å². The molecule has 2 unspecified atom stereocenters. The van der Waals surface area contributed by atoms with Crippen LogP contribution in [0.3, 0.4) is 0 Å². The summed E-state index contributed by atoms with van der Waals surface area (Å²) in [6.45, 7) is 2.44. The van der Waals surface area contributed by atoms with E-state index in [1.54, 1.807) is 6.92 Å². The Morgan fingerprint density at radius 2 is 1.91 bits per heavy atom. The van der Waals surface area contributed by atoms with Crippen LogP contribution in [0.5, 0.6) is 0 Å². The smallest absolute Gasteiger partial charge is 0.307 e. The van der Waals surface area contributed by atoms with Gasteiger partial charge in [-0.2, -0.15) is 0 Å². The van der Waals surface area contributed by atoms with Crippen molar-refractivity contribution >= 4 is 63.2 Å². The average Bonchev–Trinajstić information content (AvgIpc) is 2.45. The van der Waals surface area contributed by atoms with Crippen LogP contribution in [0.2, 0.25) is 0 Å². The van der Waals surface area contributed by atoms with E-state index in [1.165, 1.54) is 7.05 Å². The lowest BCUT2D eigenvalue weighted by atomic mass is 10.3. The molecule has 0 saturated heterocycles. The summed E-state index contributed by atoms with van der Waals surface area (Å²) in [5.41, 5.74) is 0. The SMILES string of the molecule is CCC#CCCN(P(=S)(NC)OC(C)CC)S(=O)(=O)C(Cl)(Cl)Cl. The van der Waals surface area contributed by atoms with Crippen molar-refractivity contribution in [2.45, 2.75) is 49.3 Å². The summed E-state index contributed by atoms with van der Waals surface area (Å²) in [5.74, 6) is 5.72. The number of alkyl halides is 3. The molecule has 0 bridgehead atoms. The molecule has 136 valence electrons. The van der Waals surface area contributed by atoms with Crippen LogP contribution in [0.25, 0.3) is 0 Å². The third kappa shape index (κ3) is 6.97. The quantitative estimate of drug-likeness (QED) is 0.349. The number of nitrogens with zero attached hydrogens (tertiary/aromatic N) is 1. The number of halogens is 3. The van der Waals surface area contributed by atoms with Crippen molar-refractivity contribution in [1.82, 2.24) is 9.16 Å². The van der Waals surface area contributed by atoms with Crippen LogP contribution >= 0.6 is 41.4 Å². The number of nitrogens with one attached hydrogen (secondary N) is 1. The molecule has 0 aromatic heterocycles. The molecule has 0 aliphatic rings. The predicted molar refractivity (Wildman–Crippen MR) is 103 cm³/mol. The number of hydrogen-bond donors (Lipinski definition) is 1. The molecule has 0 aliphatic carbocycles. The second-order valence-electron chi connectivity index (χ2n) is 4.52. The van der Waals surface area contributed by atoms with Crippen LogP contribution in [0.15, 0.2) is 0 Å². The zero-order valence-corrected chi connectivity index (χ0v) is 18.3. The highest BCUT2D eigenvalue weighted by atomic mass is 35.6. The molecular weight excluding hydrogens is 422 g/mol. The van der Waals surface area contributed by atoms with Gasteiger partial charge in [-0.3, -0.25) is 5.09 Å². The van der Waals surface area contributed by atoms with E-state index in [9.17, 15) is 8.42 Å². The van der Waals surface area contributed by atoms with Gasteiger partial charge in [0.15, 0.2) is 0 Å². The first-order valence-electron chi connectivity index (χ1n) is 6.98. The number of sulfonamides is 1. The minimum Gasteiger partial charge on any atom is -0.323 e. The van der Waals surface area contributed by atoms with Crippen molar-refractivity contribution in [1.29, 1.82) is 0 Å². The molecule has 11 heteroatoms. The first-order valence-corrected chi connectivity index (χ1v) is 12.2. The Balaban J connectivity index is 5.78. The maximum atomic E-state index is 12.6. The van der Waals surface area contributed by atoms with Gasteiger partial charge in [-0.1, -0.05) is 48.7 Å². The third-order valence-electron chi connectivity index (χ3n) is 2.77. The van der Waals surface area contributed by atoms with E-state index in [4.69, 9.17) is 51.1 Å². The zero-order chi connectivity index (χ0) is 18.3. The van der Waals surface area contributed by atoms with Gasteiger partial charge in [0.1, 0.15) is 0 Å². The molecule has 0 spiro atoms. The molecule has 5 nitrogen and oxygen atoms in total. The van der Waals surface area contributed by atoms with Crippen molar-refractivity contribution in [2.24, 2.45) is 0 Å². The summed E-state index contributed by atoms with van der Waals surface area (Å²) >= 11 is 22.4. The van der Waals surface area contributed by atoms with Crippen molar-refractivity contribution < 1.29 is 12.9 Å². The molecule has 0 aliphatic heterocycles. The third-order valence-corrected chi connectivity index (χ3v) is 10.9. The maximum Gasteiger partial charge on any atom is 0.307 e. The lowest BCUT2D eigenvalue weighted by Gasteiger charge is -2.36. The van der Waals surface area contributed by atoms with Gasteiger partial charge in [0.2, 0.25) is 6.57 Å². The van der Waals surface area contributed by atoms with E-state index in [0.29, 0.717) is 12.8 Å². The van der Waals surface area contributed by atoms with Crippen molar-refractivity contribution in [2.75, 3.05) is 13.6 Å². The molecule has 0 heterocycles. The number of rotatable bonds is 8. The van der Waals surface area contributed by atoms with E-state index in [1.807, 2.05) is 13.8 Å². The summed E-state index contributed by atoms with van der Waals surface area (Å²) in [4.78, 5) is 0. The fraction of sp³-hybridized carbons (Fsp3) is 0.833. The summed E-state index contributed by atoms with van der Waals surface area (Å²) < 4.78 is 29.4. The topological polar surface area (TPSA) is 58.6 Å². The van der Waals surface area contributed by atoms with Gasteiger partial charge < -0.3 is 4.52 Å². The summed E-state index contributed by atoms with van der Waals surface area (Å²) in [6, 6.07) is 0. The molecule has 1 N–H and O–H groups in total. The molecule has 0 fully saturated rings. The Labute approximate surface area is 159 Å². The van der Waals surface area contributed by atoms with E-state index in [0.717, 1.165) is 4.08 Å². The molecule has 0 rings (SSSR count). The van der Waals surface area contributed by atoms with Gasteiger partial charge in [-0.05, 0) is 32.2 Å². The molecule has 2 atom stereocenters. The Hall–Kier alpha value is 0.910. The minimum absolute atomic E-state index is 0.0161. The van der Waals surface area contributed by atoms with Crippen LogP contribution in [-0.2, 0) is 26.4 Å². The monoisotopic (exact) mass is 442 g/mol. The van der Waals surface area contributed by atoms with Crippen molar-refractivity contribution in [3.8, 4) is 11.8 Å². The lowest BCUT2D eigenvalue weighted by molar-refractivity contribution is 0.226. The normalized spacial score (nSPS) is 16.5. The second-order valence-corrected chi connectivity index (χ2v) is 13.4. The zero-order valence-electron chi connectivity index (χ0n) is 13.5. The highest BCUT2D eigenvalue weighted by molar-refractivity contribution is 8.15. The fourth-order valence-corrected chi connectivity index (χ4v) is 7.94. The minimum atomic E-state index is -4.33. The van der Waals surface area contributed by atoms with Crippen LogP contribution in [-0.4, -0.2) is 35.3 Å². The first kappa shape index (κ1) is 23.9. The molecular formula is C12H22Cl3N2O3PS2. The first-order chi connectivity index (χ1) is 10.5. The standard InChI is InChI=1S/C12H22Cl3N2O3PS2/c1-5-7-8-9-10-17(23(18,19)12(13,14)15)21(22,16-4)20-11(3)6-2/h11H,5-6,9-10H2,1-4H3,(H,16,22). The average molecular weight is 444 g/mol. The summed E-state index contributed by atoms with van der Waals surface area (Å²) in [5, 5.41) is 2.79. The Morgan fingerprint density at radius 1 is 1.35 bits per heavy atom. The van der Waals surface area contributed by atoms with Crippen LogP contribution < -0.4 is 5.09 Å². The molecule has 23 heavy (non-hydrogen) atoms. The number of hydrogen-bond acceptors (Lipinski definition) is 4. The van der Waals surface area contributed by atoms with Crippen LogP contribution in [0.1, 0.15) is 40.0 Å². The molecule has 0 radical (unpaired) electrons. The molecule has 0 saturated carbocycles. The van der Waals surface area contributed by atoms with Gasteiger partial charge in [-0.15, -0.1) is 15.9 Å². The summed E-state index contributed by atoms with van der Waals surface area (Å²) in [6.07, 6.45) is 1.35. The van der Waals surface area contributed by atoms with E-state index in [2.05, 4.69) is 16.9 Å². The van der Waals surface area contributed by atoms with Crippen molar-refractivity contribution in [3.05, 3.63) is 0 Å². The Kier molecular flexibility index (Phi) is 10.6. The Bertz CT molecular complexity index is 585. The van der Waals surface area contributed by atoms with Gasteiger partial charge in [0, 0.05) is 19.4 Å². The highest BCUT2D eigenvalue weighted by Gasteiger charge is 2.48. The summed E-state index contributed by atoms with van der Waals surface area (Å²) in [7, 11) is -2.80. The van der Waals surface area contributed by atoms with E-state index >= 15 is 0 Å². The fourth-order valence-electron chi connectivity index (χ4n) is 1.41. The predicted octanol–water partition coefficient (Wildman–Crippen LogP) is 4.01. The maximum absolute atomic E-state index is 12.6. The van der Waals surface area contributed by atoms with E-state index < -0.39 is 19.7 Å². The van der Waals surface area contributed by atoms with E-state index in [-0.39, 0.29) is 19.1 Å². The molecule has 0 aromatic carbocycles. The Morgan fingerprint density at radius 3 is 2.30 bits per heavy atom. The van der Waals surface area contributed by atoms with Crippen molar-refractivity contribution in [3.63, 3.8) is 0 Å². The van der Waals surface area contributed by atoms with Crippen LogP contribution in [0, 0.1) is 11.8 Å². The van der Waals surface area contributed by atoms with Gasteiger partial charge >= 0.3 is 3.12 Å². The largest absolute Gasteiger partial charge is 0.323 e. The van der Waals surface area contributed by atoms with Gasteiger partial charge in [-0.25, -0.2) is 8.42 Å². The van der Waals surface area contributed by atoms with Gasteiger partial charge in [0.05, 0.1) is 6.10 Å².